The van der Waals surface area contributed by atoms with E-state index < -0.39 is 0 Å². The number of aromatic nitrogens is 1. The highest BCUT2D eigenvalue weighted by Crippen LogP contribution is 2.26. The molecule has 4 heteroatoms. The highest BCUT2D eigenvalue weighted by Gasteiger charge is 2.26. The van der Waals surface area contributed by atoms with Crippen LogP contribution in [0.25, 0.3) is 0 Å². The zero-order chi connectivity index (χ0) is 9.10. The van der Waals surface area contributed by atoms with Crippen molar-refractivity contribution >= 4 is 11.5 Å². The molecule has 0 aliphatic carbocycles. The Morgan fingerprint density at radius 3 is 3.23 bits per heavy atom. The van der Waals surface area contributed by atoms with Crippen LogP contribution in [0.5, 0.6) is 0 Å². The summed E-state index contributed by atoms with van der Waals surface area (Å²) in [7, 11) is 1.98. The first-order chi connectivity index (χ1) is 6.42. The van der Waals surface area contributed by atoms with Gasteiger partial charge in [-0.2, -0.15) is 0 Å². The van der Waals surface area contributed by atoms with Crippen molar-refractivity contribution in [3.05, 3.63) is 17.1 Å². The van der Waals surface area contributed by atoms with Crippen molar-refractivity contribution in [1.82, 2.24) is 9.69 Å². The fourth-order valence-corrected chi connectivity index (χ4v) is 2.37. The third kappa shape index (κ3) is 1.90. The SMILES string of the molecule is CNC(c1cnsc1)C1CCCO1. The molecule has 3 nitrogen and oxygen atoms in total. The molecule has 0 bridgehead atoms. The summed E-state index contributed by atoms with van der Waals surface area (Å²) in [5.74, 6) is 0. The van der Waals surface area contributed by atoms with Gasteiger partial charge < -0.3 is 10.1 Å². The summed E-state index contributed by atoms with van der Waals surface area (Å²) in [5, 5.41) is 5.37. The monoisotopic (exact) mass is 198 g/mol. The van der Waals surface area contributed by atoms with Crippen LogP contribution in [0.15, 0.2) is 11.6 Å². The Hall–Kier alpha value is -0.450. The second kappa shape index (κ2) is 4.17. The van der Waals surface area contributed by atoms with E-state index in [0.29, 0.717) is 12.1 Å². The summed E-state index contributed by atoms with van der Waals surface area (Å²) >= 11 is 1.50. The number of nitrogens with one attached hydrogen (secondary N) is 1. The van der Waals surface area contributed by atoms with E-state index in [1.165, 1.54) is 23.5 Å². The average Bonchev–Trinajstić information content (AvgIpc) is 2.76. The van der Waals surface area contributed by atoms with E-state index in [2.05, 4.69) is 15.1 Å². The van der Waals surface area contributed by atoms with Crippen LogP contribution in [0.4, 0.5) is 0 Å². The van der Waals surface area contributed by atoms with Gasteiger partial charge in [-0.15, -0.1) is 0 Å². The maximum atomic E-state index is 5.64. The van der Waals surface area contributed by atoms with Gasteiger partial charge in [-0.3, -0.25) is 0 Å². The van der Waals surface area contributed by atoms with Gasteiger partial charge in [-0.05, 0) is 31.4 Å². The maximum Gasteiger partial charge on any atom is 0.0771 e. The number of hydrogen-bond donors (Lipinski definition) is 1. The molecule has 0 aromatic carbocycles. The largest absolute Gasteiger partial charge is 0.376 e. The zero-order valence-electron chi connectivity index (χ0n) is 7.69. The molecule has 13 heavy (non-hydrogen) atoms. The van der Waals surface area contributed by atoms with E-state index in [1.807, 2.05) is 13.2 Å². The maximum absolute atomic E-state index is 5.64. The van der Waals surface area contributed by atoms with Crippen molar-refractivity contribution in [1.29, 1.82) is 0 Å². The lowest BCUT2D eigenvalue weighted by atomic mass is 10.0. The van der Waals surface area contributed by atoms with Gasteiger partial charge in [0.15, 0.2) is 0 Å². The van der Waals surface area contributed by atoms with Gasteiger partial charge in [0, 0.05) is 23.7 Å². The fraction of sp³-hybridized carbons (Fsp3) is 0.667. The lowest BCUT2D eigenvalue weighted by molar-refractivity contribution is 0.0808. The third-order valence-corrected chi connectivity index (χ3v) is 3.06. The molecule has 72 valence electrons. The molecule has 0 spiro atoms. The normalized spacial score (nSPS) is 24.8. The number of rotatable bonds is 3. The Bertz CT molecular complexity index is 244. The Kier molecular flexibility index (Phi) is 2.93. The van der Waals surface area contributed by atoms with Crippen molar-refractivity contribution in [3.63, 3.8) is 0 Å². The molecule has 1 saturated heterocycles. The first kappa shape index (κ1) is 9.12. The van der Waals surface area contributed by atoms with Gasteiger partial charge in [0.2, 0.25) is 0 Å². The lowest BCUT2D eigenvalue weighted by Crippen LogP contribution is -2.28. The standard InChI is InChI=1S/C9H14N2OS/c1-10-9(7-5-11-13-6-7)8-3-2-4-12-8/h5-6,8-10H,2-4H2,1H3. The van der Waals surface area contributed by atoms with E-state index in [4.69, 9.17) is 4.74 Å². The molecule has 2 heterocycles. The van der Waals surface area contributed by atoms with Crippen molar-refractivity contribution in [2.24, 2.45) is 0 Å². The van der Waals surface area contributed by atoms with E-state index >= 15 is 0 Å². The summed E-state index contributed by atoms with van der Waals surface area (Å²) in [4.78, 5) is 0. The van der Waals surface area contributed by atoms with E-state index in [1.54, 1.807) is 0 Å². The van der Waals surface area contributed by atoms with Gasteiger partial charge >= 0.3 is 0 Å². The third-order valence-electron chi connectivity index (χ3n) is 2.46. The minimum atomic E-state index is 0.321. The fourth-order valence-electron chi connectivity index (χ4n) is 1.80. The summed E-state index contributed by atoms with van der Waals surface area (Å²) < 4.78 is 9.75. The minimum Gasteiger partial charge on any atom is -0.376 e. The topological polar surface area (TPSA) is 34.2 Å². The van der Waals surface area contributed by atoms with Crippen LogP contribution in [0, 0.1) is 0 Å². The van der Waals surface area contributed by atoms with Crippen LogP contribution in [0.3, 0.4) is 0 Å². The Morgan fingerprint density at radius 2 is 2.69 bits per heavy atom. The molecule has 2 unspecified atom stereocenters. The molecule has 0 saturated carbocycles. The van der Waals surface area contributed by atoms with Crippen LogP contribution in [-0.2, 0) is 4.74 Å². The number of nitrogens with zero attached hydrogens (tertiary/aromatic N) is 1. The number of likely N-dealkylation sites (N-methyl/N-ethyl adjacent to an activating group) is 1. The second-order valence-corrected chi connectivity index (χ2v) is 3.93. The smallest absolute Gasteiger partial charge is 0.0771 e. The summed E-state index contributed by atoms with van der Waals surface area (Å²) in [5.41, 5.74) is 1.25. The van der Waals surface area contributed by atoms with Gasteiger partial charge in [0.1, 0.15) is 0 Å². The molecule has 1 aromatic heterocycles. The van der Waals surface area contributed by atoms with Crippen LogP contribution in [0.2, 0.25) is 0 Å². The van der Waals surface area contributed by atoms with Gasteiger partial charge in [0.05, 0.1) is 12.1 Å². The molecule has 1 aromatic rings. The predicted octanol–water partition coefficient (Wildman–Crippen LogP) is 1.58. The van der Waals surface area contributed by atoms with Crippen LogP contribution >= 0.6 is 11.5 Å². The summed E-state index contributed by atoms with van der Waals surface area (Å²) in [6, 6.07) is 0.321. The molecular weight excluding hydrogens is 184 g/mol. The van der Waals surface area contributed by atoms with E-state index in [9.17, 15) is 0 Å². The van der Waals surface area contributed by atoms with Crippen LogP contribution < -0.4 is 5.32 Å². The van der Waals surface area contributed by atoms with Crippen molar-refractivity contribution in [2.45, 2.75) is 25.0 Å². The molecule has 0 radical (unpaired) electrons. The van der Waals surface area contributed by atoms with Gasteiger partial charge in [-0.1, -0.05) is 0 Å². The molecule has 2 atom stereocenters. The number of hydrogen-bond acceptors (Lipinski definition) is 4. The first-order valence-electron chi connectivity index (χ1n) is 4.60. The molecular formula is C9H14N2OS. The van der Waals surface area contributed by atoms with Gasteiger partial charge in [-0.25, -0.2) is 4.37 Å². The predicted molar refractivity (Wildman–Crippen MR) is 52.9 cm³/mol. The highest BCUT2D eigenvalue weighted by atomic mass is 32.1. The molecule has 1 fully saturated rings. The quantitative estimate of drug-likeness (QED) is 0.800. The van der Waals surface area contributed by atoms with E-state index in [0.717, 1.165) is 13.0 Å². The molecule has 0 amide bonds. The van der Waals surface area contributed by atoms with Crippen molar-refractivity contribution < 1.29 is 4.74 Å². The molecule has 2 rings (SSSR count). The Labute approximate surface area is 82.3 Å². The molecule has 1 N–H and O–H groups in total. The minimum absolute atomic E-state index is 0.321. The van der Waals surface area contributed by atoms with Crippen LogP contribution in [-0.4, -0.2) is 24.1 Å². The average molecular weight is 198 g/mol. The van der Waals surface area contributed by atoms with Crippen LogP contribution in [0.1, 0.15) is 24.4 Å². The Balaban J connectivity index is 2.08. The Morgan fingerprint density at radius 1 is 1.77 bits per heavy atom. The second-order valence-electron chi connectivity index (χ2n) is 3.28. The van der Waals surface area contributed by atoms with Gasteiger partial charge in [0.25, 0.3) is 0 Å². The summed E-state index contributed by atoms with van der Waals surface area (Å²) in [6.45, 7) is 0.903. The summed E-state index contributed by atoms with van der Waals surface area (Å²) in [6.07, 6.45) is 4.59. The zero-order valence-corrected chi connectivity index (χ0v) is 8.51. The molecule has 1 aliphatic heterocycles. The van der Waals surface area contributed by atoms with Crippen molar-refractivity contribution in [3.8, 4) is 0 Å². The highest BCUT2D eigenvalue weighted by molar-refractivity contribution is 7.03. The van der Waals surface area contributed by atoms with E-state index in [-0.39, 0.29) is 0 Å². The number of ether oxygens (including phenoxy) is 1. The van der Waals surface area contributed by atoms with Crippen molar-refractivity contribution in [2.75, 3.05) is 13.7 Å². The first-order valence-corrected chi connectivity index (χ1v) is 5.43. The lowest BCUT2D eigenvalue weighted by Gasteiger charge is -2.20. The molecule has 1 aliphatic rings.